The van der Waals surface area contributed by atoms with E-state index >= 15 is 0 Å². The van der Waals surface area contributed by atoms with Crippen molar-refractivity contribution in [1.82, 2.24) is 9.80 Å². The molecule has 1 aliphatic rings. The Morgan fingerprint density at radius 3 is 3.05 bits per heavy atom. The first-order valence-electron chi connectivity index (χ1n) is 6.86. The zero-order valence-corrected chi connectivity index (χ0v) is 12.9. The number of carbonyl (C=O) groups excluding carboxylic acids is 1. The van der Waals surface area contributed by atoms with Gasteiger partial charge in [0.2, 0.25) is 0 Å². The molecule has 1 fully saturated rings. The second kappa shape index (κ2) is 6.89. The zero-order valence-electron chi connectivity index (χ0n) is 12.1. The average molecular weight is 291 g/mol. The lowest BCUT2D eigenvalue weighted by Gasteiger charge is -2.35. The maximum Gasteiger partial charge on any atom is 0.264 e. The van der Waals surface area contributed by atoms with Crippen LogP contribution in [0.5, 0.6) is 0 Å². The fourth-order valence-electron chi connectivity index (χ4n) is 2.37. The minimum absolute atomic E-state index is 0.127. The Bertz CT molecular complexity index is 527. The minimum Gasteiger partial charge on any atom is -0.336 e. The maximum atomic E-state index is 12.5. The van der Waals surface area contributed by atoms with Crippen LogP contribution in [0.25, 0.3) is 0 Å². The molecule has 1 aliphatic heterocycles. The van der Waals surface area contributed by atoms with Crippen molar-refractivity contribution in [2.24, 2.45) is 5.73 Å². The molecule has 4 nitrogen and oxygen atoms in total. The van der Waals surface area contributed by atoms with Gasteiger partial charge in [-0.25, -0.2) is 0 Å². The molecule has 0 aliphatic carbocycles. The molecule has 2 N–H and O–H groups in total. The van der Waals surface area contributed by atoms with Gasteiger partial charge in [-0.15, -0.1) is 11.3 Å². The fourth-order valence-corrected chi connectivity index (χ4v) is 3.22. The predicted octanol–water partition coefficient (Wildman–Crippen LogP) is 1.22. The number of hydrogen-bond acceptors (Lipinski definition) is 4. The molecule has 108 valence electrons. The lowest BCUT2D eigenvalue weighted by molar-refractivity contribution is 0.0640. The van der Waals surface area contributed by atoms with Crippen molar-refractivity contribution in [3.05, 3.63) is 21.9 Å². The molecule has 1 unspecified atom stereocenters. The molecule has 1 amide bonds. The summed E-state index contributed by atoms with van der Waals surface area (Å²) in [6.07, 6.45) is 2.23. The monoisotopic (exact) mass is 291 g/mol. The first-order valence-corrected chi connectivity index (χ1v) is 7.68. The van der Waals surface area contributed by atoms with Gasteiger partial charge in [0.1, 0.15) is 0 Å². The summed E-state index contributed by atoms with van der Waals surface area (Å²) in [4.78, 5) is 18.3. The van der Waals surface area contributed by atoms with Crippen LogP contribution in [0, 0.1) is 11.8 Å². The molecule has 0 spiro atoms. The van der Waals surface area contributed by atoms with Crippen molar-refractivity contribution in [1.29, 1.82) is 0 Å². The average Bonchev–Trinajstić information content (AvgIpc) is 2.93. The van der Waals surface area contributed by atoms with Crippen molar-refractivity contribution in [3.63, 3.8) is 0 Å². The van der Waals surface area contributed by atoms with Gasteiger partial charge in [0, 0.05) is 19.1 Å². The molecule has 0 aromatic carbocycles. The van der Waals surface area contributed by atoms with Gasteiger partial charge in [-0.1, -0.05) is 11.8 Å². The molecule has 0 saturated carbocycles. The molecular formula is C15H21N3OS. The second-order valence-electron chi connectivity index (χ2n) is 5.18. The minimum atomic E-state index is 0.127. The van der Waals surface area contributed by atoms with Crippen LogP contribution in [0.1, 0.15) is 27.4 Å². The normalized spacial score (nSPS) is 18.8. The van der Waals surface area contributed by atoms with Crippen LogP contribution in [0.4, 0.5) is 0 Å². The summed E-state index contributed by atoms with van der Waals surface area (Å²) in [5.41, 5.74) is 5.35. The van der Waals surface area contributed by atoms with E-state index in [1.54, 1.807) is 0 Å². The van der Waals surface area contributed by atoms with Gasteiger partial charge in [-0.3, -0.25) is 4.79 Å². The number of likely N-dealkylation sites (tertiary alicyclic amines) is 1. The van der Waals surface area contributed by atoms with Gasteiger partial charge in [0.25, 0.3) is 5.91 Å². The highest BCUT2D eigenvalue weighted by molar-refractivity contribution is 7.14. The number of amides is 1. The molecule has 2 rings (SSSR count). The number of rotatable bonds is 2. The zero-order chi connectivity index (χ0) is 14.5. The van der Waals surface area contributed by atoms with E-state index in [0.717, 1.165) is 35.7 Å². The van der Waals surface area contributed by atoms with Crippen molar-refractivity contribution in [2.45, 2.75) is 18.9 Å². The summed E-state index contributed by atoms with van der Waals surface area (Å²) in [7, 11) is 4.15. The number of thiophene rings is 1. The Morgan fingerprint density at radius 1 is 1.55 bits per heavy atom. The molecule has 1 aromatic heterocycles. The molecule has 1 saturated heterocycles. The van der Waals surface area contributed by atoms with Crippen LogP contribution in [0.15, 0.2) is 12.1 Å². The third-order valence-corrected chi connectivity index (χ3v) is 4.53. The molecule has 5 heteroatoms. The molecule has 1 atom stereocenters. The van der Waals surface area contributed by atoms with Crippen LogP contribution in [-0.2, 0) is 0 Å². The lowest BCUT2D eigenvalue weighted by atomic mass is 10.0. The van der Waals surface area contributed by atoms with Crippen LogP contribution < -0.4 is 5.73 Å². The van der Waals surface area contributed by atoms with E-state index in [0.29, 0.717) is 12.6 Å². The highest BCUT2D eigenvalue weighted by Gasteiger charge is 2.26. The summed E-state index contributed by atoms with van der Waals surface area (Å²) in [6.45, 7) is 2.01. The first-order chi connectivity index (χ1) is 9.61. The predicted molar refractivity (Wildman–Crippen MR) is 82.9 cm³/mol. The van der Waals surface area contributed by atoms with E-state index < -0.39 is 0 Å². The number of carbonyl (C=O) groups is 1. The molecular weight excluding hydrogens is 270 g/mol. The summed E-state index contributed by atoms with van der Waals surface area (Å²) in [6, 6.07) is 4.23. The molecule has 1 aromatic rings. The summed E-state index contributed by atoms with van der Waals surface area (Å²) in [5.74, 6) is 5.92. The molecule has 0 bridgehead atoms. The third-order valence-electron chi connectivity index (χ3n) is 3.54. The van der Waals surface area contributed by atoms with E-state index in [-0.39, 0.29) is 5.91 Å². The van der Waals surface area contributed by atoms with Crippen molar-refractivity contribution in [3.8, 4) is 11.8 Å². The molecule has 20 heavy (non-hydrogen) atoms. The van der Waals surface area contributed by atoms with Crippen molar-refractivity contribution in [2.75, 3.05) is 33.7 Å². The molecule has 0 radical (unpaired) electrons. The van der Waals surface area contributed by atoms with Gasteiger partial charge < -0.3 is 15.5 Å². The Labute approximate surface area is 124 Å². The van der Waals surface area contributed by atoms with Crippen LogP contribution in [0.3, 0.4) is 0 Å². The van der Waals surface area contributed by atoms with Crippen molar-refractivity contribution < 1.29 is 4.79 Å². The van der Waals surface area contributed by atoms with Gasteiger partial charge in [-0.05, 0) is 39.1 Å². The number of nitrogens with zero attached hydrogens (tertiary/aromatic N) is 2. The number of piperidine rings is 1. The Hall–Kier alpha value is -1.35. The van der Waals surface area contributed by atoms with Crippen LogP contribution in [0.2, 0.25) is 0 Å². The summed E-state index contributed by atoms with van der Waals surface area (Å²) < 4.78 is 0. The Balaban J connectivity index is 2.05. The number of hydrogen-bond donors (Lipinski definition) is 1. The van der Waals surface area contributed by atoms with E-state index in [2.05, 4.69) is 30.8 Å². The highest BCUT2D eigenvalue weighted by atomic mass is 32.1. The smallest absolute Gasteiger partial charge is 0.264 e. The van der Waals surface area contributed by atoms with E-state index in [1.807, 2.05) is 17.0 Å². The second-order valence-corrected chi connectivity index (χ2v) is 6.26. The van der Waals surface area contributed by atoms with Gasteiger partial charge in [0.15, 0.2) is 0 Å². The first kappa shape index (κ1) is 15.0. The number of likely N-dealkylation sites (N-methyl/N-ethyl adjacent to an activating group) is 1. The summed E-state index contributed by atoms with van der Waals surface area (Å²) >= 11 is 1.45. The van der Waals surface area contributed by atoms with E-state index in [1.165, 1.54) is 11.3 Å². The van der Waals surface area contributed by atoms with E-state index in [4.69, 9.17) is 5.73 Å². The fraction of sp³-hybridized carbons (Fsp3) is 0.533. The Kier molecular flexibility index (Phi) is 5.18. The van der Waals surface area contributed by atoms with Gasteiger partial charge >= 0.3 is 0 Å². The van der Waals surface area contributed by atoms with Gasteiger partial charge in [0.05, 0.1) is 16.3 Å². The quantitative estimate of drug-likeness (QED) is 0.834. The largest absolute Gasteiger partial charge is 0.336 e. The highest BCUT2D eigenvalue weighted by Crippen LogP contribution is 2.21. The van der Waals surface area contributed by atoms with Gasteiger partial charge in [-0.2, -0.15) is 0 Å². The lowest BCUT2D eigenvalue weighted by Crippen LogP contribution is -2.47. The Morgan fingerprint density at radius 2 is 2.35 bits per heavy atom. The SMILES string of the molecule is CN(C)C1CCCN(C(=O)c2ccc(C#CCN)s2)C1. The summed E-state index contributed by atoms with van der Waals surface area (Å²) in [5, 5.41) is 0. The standard InChI is InChI=1S/C15H21N3OS/c1-17(2)12-5-4-10-18(11-12)15(19)14-8-7-13(20-14)6-3-9-16/h7-8,12H,4-5,9-11,16H2,1-2H3. The van der Waals surface area contributed by atoms with Crippen LogP contribution >= 0.6 is 11.3 Å². The maximum absolute atomic E-state index is 12.5. The third kappa shape index (κ3) is 3.60. The topological polar surface area (TPSA) is 49.6 Å². The number of nitrogens with two attached hydrogens (primary N) is 1. The van der Waals surface area contributed by atoms with Crippen LogP contribution in [-0.4, -0.2) is 55.5 Å². The van der Waals surface area contributed by atoms with Crippen molar-refractivity contribution >= 4 is 17.2 Å². The molecule has 2 heterocycles. The van der Waals surface area contributed by atoms with E-state index in [9.17, 15) is 4.79 Å².